The van der Waals surface area contributed by atoms with Crippen molar-refractivity contribution in [1.82, 2.24) is 20.1 Å². The molecule has 4 rings (SSSR count). The maximum atomic E-state index is 13.6. The highest BCUT2D eigenvalue weighted by atomic mass is 19.1. The number of amides is 3. The van der Waals surface area contributed by atoms with Gasteiger partial charge in [0.1, 0.15) is 5.82 Å². The average molecular weight is 505 g/mol. The molecule has 1 aromatic heterocycles. The minimum absolute atomic E-state index is 0.0942. The van der Waals surface area contributed by atoms with Crippen molar-refractivity contribution in [3.8, 4) is 0 Å². The van der Waals surface area contributed by atoms with Crippen molar-refractivity contribution >= 4 is 23.7 Å². The molecular weight excluding hydrogens is 479 g/mol. The Morgan fingerprint density at radius 3 is 2.00 bits per heavy atom. The van der Waals surface area contributed by atoms with Gasteiger partial charge in [0.15, 0.2) is 6.17 Å². The van der Waals surface area contributed by atoms with Crippen molar-refractivity contribution in [3.63, 3.8) is 0 Å². The molecule has 2 heterocycles. The normalized spacial score (nSPS) is 15.8. The van der Waals surface area contributed by atoms with Crippen LogP contribution in [0.3, 0.4) is 0 Å². The fraction of sp³-hybridized carbons (Fsp3) is 0.222. The van der Waals surface area contributed by atoms with Gasteiger partial charge < -0.3 is 20.2 Å². The van der Waals surface area contributed by atoms with Crippen LogP contribution in [-0.4, -0.2) is 62.8 Å². The molecule has 0 aliphatic carbocycles. The maximum Gasteiger partial charge on any atom is 0.305 e. The van der Waals surface area contributed by atoms with Crippen molar-refractivity contribution in [1.29, 1.82) is 0 Å². The zero-order chi connectivity index (χ0) is 26.5. The Hall–Kier alpha value is -4.60. The van der Waals surface area contributed by atoms with Gasteiger partial charge in [0.2, 0.25) is 0 Å². The van der Waals surface area contributed by atoms with Crippen molar-refractivity contribution in [3.05, 3.63) is 101 Å². The topological polar surface area (TPSA) is 120 Å². The highest BCUT2D eigenvalue weighted by Crippen LogP contribution is 2.24. The first-order valence-electron chi connectivity index (χ1n) is 11.6. The monoisotopic (exact) mass is 504 g/mol. The molecule has 2 atom stereocenters. The molecule has 3 aromatic rings. The van der Waals surface area contributed by atoms with E-state index >= 15 is 0 Å². The number of nitrogens with one attached hydrogen (secondary N) is 1. The van der Waals surface area contributed by atoms with E-state index in [0.29, 0.717) is 11.1 Å². The second-order valence-corrected chi connectivity index (χ2v) is 8.68. The molecular formula is C27H25FN4O5. The highest BCUT2D eigenvalue weighted by Gasteiger charge is 2.43. The molecule has 9 nitrogen and oxygen atoms in total. The van der Waals surface area contributed by atoms with E-state index in [0.717, 1.165) is 5.56 Å². The molecule has 1 fully saturated rings. The molecule has 10 heteroatoms. The lowest BCUT2D eigenvalue weighted by molar-refractivity contribution is -0.138. The Balaban J connectivity index is 1.67. The highest BCUT2D eigenvalue weighted by molar-refractivity contribution is 6.02. The summed E-state index contributed by atoms with van der Waals surface area (Å²) in [6.45, 7) is 2.08. The van der Waals surface area contributed by atoms with Crippen LogP contribution in [0.2, 0.25) is 0 Å². The maximum absolute atomic E-state index is 13.6. The Morgan fingerprint density at radius 2 is 1.46 bits per heavy atom. The molecule has 1 aliphatic heterocycles. The SMILES string of the molecule is Cc1ccc(C(=O)N2CCN(C(=O)c3ccncc3)C2C(=O)NC(CC(=O)O)c2ccc(F)cc2)cc1. The summed E-state index contributed by atoms with van der Waals surface area (Å²) in [5.41, 5.74) is 1.97. The average Bonchev–Trinajstić information content (AvgIpc) is 3.34. The molecule has 1 saturated heterocycles. The van der Waals surface area contributed by atoms with E-state index in [2.05, 4.69) is 10.3 Å². The lowest BCUT2D eigenvalue weighted by Gasteiger charge is -2.31. The van der Waals surface area contributed by atoms with Crippen LogP contribution in [0.25, 0.3) is 0 Å². The van der Waals surface area contributed by atoms with Gasteiger partial charge in [0.25, 0.3) is 17.7 Å². The van der Waals surface area contributed by atoms with Crippen molar-refractivity contribution in [2.24, 2.45) is 0 Å². The van der Waals surface area contributed by atoms with Crippen LogP contribution in [0, 0.1) is 12.7 Å². The predicted octanol–water partition coefficient (Wildman–Crippen LogP) is 2.79. The first-order valence-corrected chi connectivity index (χ1v) is 11.6. The minimum Gasteiger partial charge on any atom is -0.481 e. The number of carbonyl (C=O) groups excluding carboxylic acids is 3. The van der Waals surface area contributed by atoms with Gasteiger partial charge in [-0.15, -0.1) is 0 Å². The molecule has 1 aliphatic rings. The summed E-state index contributed by atoms with van der Waals surface area (Å²) in [6, 6.07) is 13.9. The minimum atomic E-state index is -1.33. The molecule has 2 unspecified atom stereocenters. The first kappa shape index (κ1) is 25.5. The van der Waals surface area contributed by atoms with Gasteiger partial charge in [-0.1, -0.05) is 29.8 Å². The summed E-state index contributed by atoms with van der Waals surface area (Å²) in [5, 5.41) is 12.1. The Labute approximate surface area is 212 Å². The van der Waals surface area contributed by atoms with Crippen LogP contribution in [0.5, 0.6) is 0 Å². The summed E-state index contributed by atoms with van der Waals surface area (Å²) in [6.07, 6.45) is 1.09. The molecule has 0 radical (unpaired) electrons. The number of pyridine rings is 1. The van der Waals surface area contributed by atoms with Crippen LogP contribution < -0.4 is 5.32 Å². The molecule has 0 saturated carbocycles. The second kappa shape index (κ2) is 11.0. The van der Waals surface area contributed by atoms with Gasteiger partial charge in [-0.3, -0.25) is 24.2 Å². The van der Waals surface area contributed by atoms with E-state index in [-0.39, 0.29) is 18.7 Å². The number of nitrogens with zero attached hydrogens (tertiary/aromatic N) is 3. The molecule has 0 spiro atoms. The molecule has 37 heavy (non-hydrogen) atoms. The molecule has 0 bridgehead atoms. The van der Waals surface area contributed by atoms with Gasteiger partial charge in [-0.2, -0.15) is 0 Å². The van der Waals surface area contributed by atoms with Gasteiger partial charge in [-0.25, -0.2) is 4.39 Å². The lowest BCUT2D eigenvalue weighted by Crippen LogP contribution is -2.54. The number of carbonyl (C=O) groups is 4. The standard InChI is InChI=1S/C27H25FN4O5/c1-17-2-4-19(5-3-17)26(36)31-14-15-32(27(37)20-10-12-29-13-11-20)25(31)24(35)30-22(16-23(33)34)18-6-8-21(28)9-7-18/h2-13,22,25H,14-16H2,1H3,(H,30,35)(H,33,34). The number of aryl methyl sites for hydroxylation is 1. The van der Waals surface area contributed by atoms with Crippen LogP contribution in [-0.2, 0) is 9.59 Å². The Kier molecular flexibility index (Phi) is 7.57. The van der Waals surface area contributed by atoms with Gasteiger partial charge in [0.05, 0.1) is 12.5 Å². The van der Waals surface area contributed by atoms with E-state index in [1.807, 2.05) is 6.92 Å². The van der Waals surface area contributed by atoms with E-state index < -0.39 is 48.1 Å². The van der Waals surface area contributed by atoms with Gasteiger partial charge in [0, 0.05) is 36.6 Å². The lowest BCUT2D eigenvalue weighted by atomic mass is 10.0. The third kappa shape index (κ3) is 5.80. The number of aromatic nitrogens is 1. The molecule has 190 valence electrons. The quantitative estimate of drug-likeness (QED) is 0.511. The zero-order valence-electron chi connectivity index (χ0n) is 20.0. The molecule has 2 N–H and O–H groups in total. The van der Waals surface area contributed by atoms with E-state index in [1.54, 1.807) is 24.3 Å². The third-order valence-electron chi connectivity index (χ3n) is 6.12. The molecule has 3 amide bonds. The van der Waals surface area contributed by atoms with Crippen LogP contribution in [0.4, 0.5) is 4.39 Å². The van der Waals surface area contributed by atoms with E-state index in [4.69, 9.17) is 0 Å². The number of aliphatic carboxylic acids is 1. The van der Waals surface area contributed by atoms with Gasteiger partial charge >= 0.3 is 5.97 Å². The largest absolute Gasteiger partial charge is 0.481 e. The first-order chi connectivity index (χ1) is 17.7. The summed E-state index contributed by atoms with van der Waals surface area (Å²) in [5.74, 6) is -3.33. The van der Waals surface area contributed by atoms with Crippen LogP contribution in [0.15, 0.2) is 73.1 Å². The second-order valence-electron chi connectivity index (χ2n) is 8.68. The smallest absolute Gasteiger partial charge is 0.305 e. The third-order valence-corrected chi connectivity index (χ3v) is 6.12. The fourth-order valence-corrected chi connectivity index (χ4v) is 4.23. The number of carboxylic acid groups (broad SMARTS) is 1. The van der Waals surface area contributed by atoms with Crippen molar-refractivity contribution < 1.29 is 28.7 Å². The summed E-state index contributed by atoms with van der Waals surface area (Å²) >= 11 is 0. The Morgan fingerprint density at radius 1 is 0.919 bits per heavy atom. The number of hydrogen-bond donors (Lipinski definition) is 2. The van der Waals surface area contributed by atoms with Crippen LogP contribution >= 0.6 is 0 Å². The number of carboxylic acids is 1. The predicted molar refractivity (Wildman–Crippen MR) is 131 cm³/mol. The fourth-order valence-electron chi connectivity index (χ4n) is 4.23. The number of benzene rings is 2. The summed E-state index contributed by atoms with van der Waals surface area (Å²) in [7, 11) is 0. The van der Waals surface area contributed by atoms with Crippen molar-refractivity contribution in [2.75, 3.05) is 13.1 Å². The Bertz CT molecular complexity index is 1300. The van der Waals surface area contributed by atoms with Crippen LogP contribution in [0.1, 0.15) is 44.3 Å². The summed E-state index contributed by atoms with van der Waals surface area (Å²) in [4.78, 5) is 58.4. The number of hydrogen-bond acceptors (Lipinski definition) is 5. The van der Waals surface area contributed by atoms with E-state index in [9.17, 15) is 28.7 Å². The van der Waals surface area contributed by atoms with E-state index in [1.165, 1.54) is 58.6 Å². The number of rotatable bonds is 7. The van der Waals surface area contributed by atoms with Gasteiger partial charge in [-0.05, 0) is 48.9 Å². The molecule has 2 aromatic carbocycles. The zero-order valence-corrected chi connectivity index (χ0v) is 20.0. The summed E-state index contributed by atoms with van der Waals surface area (Å²) < 4.78 is 13.5. The number of halogens is 1. The van der Waals surface area contributed by atoms with Crippen molar-refractivity contribution in [2.45, 2.75) is 25.6 Å².